The van der Waals surface area contributed by atoms with Crippen molar-refractivity contribution in [1.82, 2.24) is 9.80 Å². The van der Waals surface area contributed by atoms with E-state index in [2.05, 4.69) is 0 Å². The van der Waals surface area contributed by atoms with Gasteiger partial charge in [-0.3, -0.25) is 9.59 Å². The molecule has 146 valence electrons. The molecule has 3 fully saturated rings. The van der Waals surface area contributed by atoms with Gasteiger partial charge in [-0.15, -0.1) is 0 Å². The van der Waals surface area contributed by atoms with Crippen molar-refractivity contribution in [2.24, 2.45) is 11.8 Å². The summed E-state index contributed by atoms with van der Waals surface area (Å²) in [6.45, 7) is 0.922. The Morgan fingerprint density at radius 2 is 1.85 bits per heavy atom. The van der Waals surface area contributed by atoms with Crippen molar-refractivity contribution in [3.63, 3.8) is 0 Å². The molecule has 27 heavy (non-hydrogen) atoms. The highest BCUT2D eigenvalue weighted by Gasteiger charge is 2.49. The highest BCUT2D eigenvalue weighted by atomic mass is 19.1. The number of carbonyl (C=O) groups is 2. The summed E-state index contributed by atoms with van der Waals surface area (Å²) < 4.78 is 26.8. The van der Waals surface area contributed by atoms with Crippen LogP contribution in [0.4, 0.5) is 8.78 Å². The van der Waals surface area contributed by atoms with Gasteiger partial charge in [0.1, 0.15) is 11.6 Å². The van der Waals surface area contributed by atoms with E-state index >= 15 is 0 Å². The van der Waals surface area contributed by atoms with Crippen molar-refractivity contribution in [2.75, 3.05) is 19.7 Å². The lowest BCUT2D eigenvalue weighted by molar-refractivity contribution is -0.158. The van der Waals surface area contributed by atoms with Crippen LogP contribution in [-0.2, 0) is 16.0 Å². The molecule has 2 amide bonds. The van der Waals surface area contributed by atoms with Crippen LogP contribution in [0.5, 0.6) is 0 Å². The molecule has 1 aromatic rings. The van der Waals surface area contributed by atoms with Crippen LogP contribution in [0, 0.1) is 23.5 Å². The van der Waals surface area contributed by atoms with E-state index in [9.17, 15) is 23.5 Å². The van der Waals surface area contributed by atoms with Gasteiger partial charge in [0.25, 0.3) is 0 Å². The number of carbonyl (C=O) groups excluding carboxylic acids is 2. The van der Waals surface area contributed by atoms with Crippen LogP contribution in [-0.4, -0.2) is 58.5 Å². The third-order valence-electron chi connectivity index (χ3n) is 6.31. The van der Waals surface area contributed by atoms with Gasteiger partial charge in [-0.1, -0.05) is 0 Å². The first-order valence-corrected chi connectivity index (χ1v) is 9.61. The molecule has 3 aliphatic rings. The summed E-state index contributed by atoms with van der Waals surface area (Å²) in [7, 11) is 0. The zero-order valence-corrected chi connectivity index (χ0v) is 15.1. The molecule has 0 aromatic heterocycles. The molecule has 0 radical (unpaired) electrons. The van der Waals surface area contributed by atoms with Crippen molar-refractivity contribution in [2.45, 2.75) is 44.2 Å². The molecule has 4 atom stereocenters. The second-order valence-corrected chi connectivity index (χ2v) is 8.02. The summed E-state index contributed by atoms with van der Waals surface area (Å²) in [5, 5.41) is 9.90. The van der Waals surface area contributed by atoms with E-state index in [1.165, 1.54) is 12.1 Å². The summed E-state index contributed by atoms with van der Waals surface area (Å²) in [5.41, 5.74) is 0.321. The predicted molar refractivity (Wildman–Crippen MR) is 93.6 cm³/mol. The number of hydrogen-bond donors (Lipinski definition) is 1. The maximum atomic E-state index is 13.4. The summed E-state index contributed by atoms with van der Waals surface area (Å²) in [5.74, 6) is -1.20. The van der Waals surface area contributed by atoms with Crippen molar-refractivity contribution < 1.29 is 23.5 Å². The van der Waals surface area contributed by atoms with Gasteiger partial charge < -0.3 is 14.9 Å². The maximum Gasteiger partial charge on any atom is 0.227 e. The van der Waals surface area contributed by atoms with E-state index < -0.39 is 11.6 Å². The minimum Gasteiger partial charge on any atom is -0.394 e. The fourth-order valence-corrected chi connectivity index (χ4v) is 5.21. The van der Waals surface area contributed by atoms with E-state index in [-0.39, 0.29) is 48.8 Å². The van der Waals surface area contributed by atoms with Gasteiger partial charge in [-0.05, 0) is 48.8 Å². The average molecular weight is 378 g/mol. The highest BCUT2D eigenvalue weighted by molar-refractivity contribution is 5.80. The van der Waals surface area contributed by atoms with Gasteiger partial charge in [0.15, 0.2) is 0 Å². The summed E-state index contributed by atoms with van der Waals surface area (Å²) in [4.78, 5) is 28.8. The van der Waals surface area contributed by atoms with Crippen LogP contribution in [0.1, 0.15) is 31.2 Å². The monoisotopic (exact) mass is 378 g/mol. The first kappa shape index (κ1) is 18.3. The minimum absolute atomic E-state index is 0.0419. The highest BCUT2D eigenvalue weighted by Crippen LogP contribution is 2.41. The Hall–Kier alpha value is -2.02. The van der Waals surface area contributed by atoms with E-state index in [4.69, 9.17) is 0 Å². The Labute approximate surface area is 156 Å². The zero-order chi connectivity index (χ0) is 19.1. The number of piperidine rings is 3. The van der Waals surface area contributed by atoms with Gasteiger partial charge in [-0.25, -0.2) is 8.78 Å². The van der Waals surface area contributed by atoms with Gasteiger partial charge in [0.05, 0.1) is 19.1 Å². The first-order chi connectivity index (χ1) is 13.0. The van der Waals surface area contributed by atoms with E-state index in [1.54, 1.807) is 4.90 Å². The molecule has 3 aliphatic heterocycles. The van der Waals surface area contributed by atoms with Crippen LogP contribution in [0.15, 0.2) is 18.2 Å². The van der Waals surface area contributed by atoms with Crippen molar-refractivity contribution in [3.8, 4) is 0 Å². The molecule has 5 nitrogen and oxygen atoms in total. The predicted octanol–water partition coefficient (Wildman–Crippen LogP) is 1.73. The standard InChI is InChI=1S/C20H24F2N2O3/c21-15-4-12(5-16(22)8-15)6-20(27)23-9-13-7-14(10-23)18(11-25)24-17(13)2-1-3-19(24)26/h4-5,8,13-14,17-18,25H,1-3,6-7,9-11H2/t13-,14+,17+,18+/m1/s1. The zero-order valence-electron chi connectivity index (χ0n) is 15.1. The Morgan fingerprint density at radius 1 is 1.15 bits per heavy atom. The molecular formula is C20H24F2N2O3. The van der Waals surface area contributed by atoms with Crippen molar-refractivity contribution >= 4 is 11.8 Å². The lowest BCUT2D eigenvalue weighted by Gasteiger charge is -2.56. The SMILES string of the molecule is O=C(Cc1cc(F)cc(F)c1)N1C[C@H]2C[C@@H](C1)[C@H](CO)N1C(=O)CCC[C@@H]21. The number of rotatable bonds is 3. The lowest BCUT2D eigenvalue weighted by atomic mass is 9.72. The molecule has 3 heterocycles. The van der Waals surface area contributed by atoms with E-state index in [1.807, 2.05) is 4.90 Å². The fraction of sp³-hybridized carbons (Fsp3) is 0.600. The number of aliphatic hydroxyl groups is 1. The van der Waals surface area contributed by atoms with Crippen LogP contribution in [0.25, 0.3) is 0 Å². The third-order valence-corrected chi connectivity index (χ3v) is 6.31. The van der Waals surface area contributed by atoms with Gasteiger partial charge >= 0.3 is 0 Å². The topological polar surface area (TPSA) is 60.9 Å². The fourth-order valence-electron chi connectivity index (χ4n) is 5.21. The molecule has 3 saturated heterocycles. The Balaban J connectivity index is 1.51. The molecule has 0 saturated carbocycles. The van der Waals surface area contributed by atoms with Crippen LogP contribution < -0.4 is 0 Å². The average Bonchev–Trinajstić information content (AvgIpc) is 2.62. The number of halogens is 2. The number of fused-ring (bicyclic) bond motifs is 4. The van der Waals surface area contributed by atoms with Gasteiger partial charge in [-0.2, -0.15) is 0 Å². The number of benzene rings is 1. The molecule has 1 N–H and O–H groups in total. The molecule has 0 aliphatic carbocycles. The Bertz CT molecular complexity index is 722. The number of likely N-dealkylation sites (tertiary alicyclic amines) is 1. The first-order valence-electron chi connectivity index (χ1n) is 9.61. The number of hydrogen-bond acceptors (Lipinski definition) is 3. The maximum absolute atomic E-state index is 13.4. The van der Waals surface area contributed by atoms with Crippen molar-refractivity contribution in [1.29, 1.82) is 0 Å². The molecule has 0 unspecified atom stereocenters. The van der Waals surface area contributed by atoms with Crippen LogP contribution in [0.3, 0.4) is 0 Å². The van der Waals surface area contributed by atoms with Gasteiger partial charge in [0.2, 0.25) is 11.8 Å². The van der Waals surface area contributed by atoms with Crippen LogP contribution in [0.2, 0.25) is 0 Å². The minimum atomic E-state index is -0.690. The van der Waals surface area contributed by atoms with E-state index in [0.29, 0.717) is 25.1 Å². The number of nitrogens with zero attached hydrogens (tertiary/aromatic N) is 2. The second kappa shape index (κ2) is 7.19. The van der Waals surface area contributed by atoms with Gasteiger partial charge in [0, 0.05) is 31.6 Å². The molecule has 4 rings (SSSR count). The molecule has 1 aromatic carbocycles. The van der Waals surface area contributed by atoms with Crippen LogP contribution >= 0.6 is 0 Å². The molecule has 7 heteroatoms. The largest absolute Gasteiger partial charge is 0.394 e. The molecule has 0 spiro atoms. The number of amides is 2. The number of aliphatic hydroxyl groups excluding tert-OH is 1. The molecular weight excluding hydrogens is 354 g/mol. The molecule has 2 bridgehead atoms. The smallest absolute Gasteiger partial charge is 0.227 e. The summed E-state index contributed by atoms with van der Waals surface area (Å²) in [6, 6.07) is 2.98. The normalized spacial score (nSPS) is 30.3. The third kappa shape index (κ3) is 3.45. The van der Waals surface area contributed by atoms with Crippen molar-refractivity contribution in [3.05, 3.63) is 35.4 Å². The lowest BCUT2D eigenvalue weighted by Crippen LogP contribution is -2.66. The Morgan fingerprint density at radius 3 is 2.56 bits per heavy atom. The quantitative estimate of drug-likeness (QED) is 0.872. The second-order valence-electron chi connectivity index (χ2n) is 8.02. The van der Waals surface area contributed by atoms with E-state index in [0.717, 1.165) is 25.3 Å². The summed E-state index contributed by atoms with van der Waals surface area (Å²) in [6.07, 6.45) is 3.12. The summed E-state index contributed by atoms with van der Waals surface area (Å²) >= 11 is 0. The Kier molecular flexibility index (Phi) is 4.88.